The van der Waals surface area contributed by atoms with Crippen LogP contribution < -0.4 is 11.1 Å². The first kappa shape index (κ1) is 17.9. The molecule has 3 rings (SSSR count). The number of benzene rings is 1. The van der Waals surface area contributed by atoms with E-state index in [4.69, 9.17) is 5.73 Å². The van der Waals surface area contributed by atoms with Crippen molar-refractivity contribution in [3.63, 3.8) is 0 Å². The van der Waals surface area contributed by atoms with Gasteiger partial charge in [0.15, 0.2) is 5.82 Å². The maximum Gasteiger partial charge on any atom is 0.287 e. The Balaban J connectivity index is 1.84. The van der Waals surface area contributed by atoms with E-state index in [9.17, 15) is 14.4 Å². The van der Waals surface area contributed by atoms with Gasteiger partial charge in [-0.05, 0) is 11.6 Å². The summed E-state index contributed by atoms with van der Waals surface area (Å²) in [6.07, 6.45) is 4.48. The summed E-state index contributed by atoms with van der Waals surface area (Å²) >= 11 is 0. The minimum atomic E-state index is -1.12. The molecule has 2 heterocycles. The molecule has 0 fully saturated rings. The zero-order chi connectivity index (χ0) is 19.2. The molecule has 1 aromatic carbocycles. The number of nitrogens with one attached hydrogen (secondary N) is 2. The second-order valence-electron chi connectivity index (χ2n) is 5.68. The summed E-state index contributed by atoms with van der Waals surface area (Å²) < 4.78 is 0. The van der Waals surface area contributed by atoms with Crippen molar-refractivity contribution in [2.45, 2.75) is 12.5 Å². The number of hydrogen-bond acceptors (Lipinski definition) is 6. The van der Waals surface area contributed by atoms with E-state index >= 15 is 0 Å². The van der Waals surface area contributed by atoms with Crippen molar-refractivity contribution in [2.75, 3.05) is 0 Å². The number of aromatic nitrogens is 4. The van der Waals surface area contributed by atoms with Crippen LogP contribution in [0.1, 0.15) is 15.9 Å². The molecule has 0 bridgehead atoms. The Labute approximate surface area is 154 Å². The average Bonchev–Trinajstić information content (AvgIpc) is 3.18. The quantitative estimate of drug-likeness (QED) is 0.513. The van der Waals surface area contributed by atoms with Crippen LogP contribution in [0.4, 0.5) is 0 Å². The Morgan fingerprint density at radius 1 is 1.07 bits per heavy atom. The fourth-order valence-electron chi connectivity index (χ4n) is 2.52. The molecule has 0 radical (unpaired) electrons. The van der Waals surface area contributed by atoms with Crippen LogP contribution in [0.5, 0.6) is 0 Å². The van der Waals surface area contributed by atoms with E-state index in [1.54, 1.807) is 30.3 Å². The van der Waals surface area contributed by atoms with E-state index in [2.05, 4.69) is 25.5 Å². The van der Waals surface area contributed by atoms with Gasteiger partial charge < -0.3 is 11.1 Å². The SMILES string of the molecule is NC(=O)C(=O)C(Cc1ccccc1)NC(=O)c1cn[nH]c1-c1ncccn1. The number of carbonyl (C=O) groups is 3. The predicted octanol–water partition coefficient (Wildman–Crippen LogP) is 0.262. The largest absolute Gasteiger partial charge is 0.363 e. The number of ketones is 1. The van der Waals surface area contributed by atoms with Gasteiger partial charge in [0.1, 0.15) is 11.7 Å². The van der Waals surface area contributed by atoms with E-state index in [0.717, 1.165) is 5.56 Å². The molecule has 27 heavy (non-hydrogen) atoms. The fraction of sp³-hybridized carbons (Fsp3) is 0.111. The number of nitrogens with zero attached hydrogens (tertiary/aromatic N) is 3. The summed E-state index contributed by atoms with van der Waals surface area (Å²) in [5, 5.41) is 9.07. The second kappa shape index (κ2) is 8.00. The maximum absolute atomic E-state index is 12.7. The lowest BCUT2D eigenvalue weighted by Gasteiger charge is -2.16. The van der Waals surface area contributed by atoms with E-state index in [1.165, 1.54) is 18.6 Å². The van der Waals surface area contributed by atoms with Crippen molar-refractivity contribution in [3.05, 3.63) is 66.1 Å². The summed E-state index contributed by atoms with van der Waals surface area (Å²) in [5.41, 5.74) is 6.36. The number of Topliss-reactive ketones (excluding diaryl/α,β-unsaturated/α-hetero) is 1. The number of rotatable bonds is 7. The Kier molecular flexibility index (Phi) is 5.31. The van der Waals surface area contributed by atoms with Crippen LogP contribution >= 0.6 is 0 Å². The van der Waals surface area contributed by atoms with Gasteiger partial charge in [0.25, 0.3) is 11.8 Å². The summed E-state index contributed by atoms with van der Waals surface area (Å²) in [4.78, 5) is 44.4. The molecule has 1 unspecified atom stereocenters. The van der Waals surface area contributed by atoms with Crippen LogP contribution in [0.15, 0.2) is 55.0 Å². The molecule has 0 spiro atoms. The number of H-pyrrole nitrogens is 1. The molecule has 4 N–H and O–H groups in total. The number of carbonyl (C=O) groups excluding carboxylic acids is 3. The molecular weight excluding hydrogens is 348 g/mol. The van der Waals surface area contributed by atoms with Crippen molar-refractivity contribution in [2.24, 2.45) is 5.73 Å². The summed E-state index contributed by atoms with van der Waals surface area (Å²) in [6, 6.07) is 9.53. The molecule has 9 heteroatoms. The first-order chi connectivity index (χ1) is 13.1. The molecular formula is C18H16N6O3. The predicted molar refractivity (Wildman–Crippen MR) is 95.2 cm³/mol. The highest BCUT2D eigenvalue weighted by molar-refractivity contribution is 6.38. The monoisotopic (exact) mass is 364 g/mol. The highest BCUT2D eigenvalue weighted by atomic mass is 16.2. The van der Waals surface area contributed by atoms with Crippen LogP contribution in [0.25, 0.3) is 11.5 Å². The number of nitrogens with two attached hydrogens (primary N) is 1. The normalized spacial score (nSPS) is 11.6. The van der Waals surface area contributed by atoms with E-state index in [-0.39, 0.29) is 17.8 Å². The summed E-state index contributed by atoms with van der Waals surface area (Å²) in [7, 11) is 0. The molecule has 1 atom stereocenters. The van der Waals surface area contributed by atoms with Gasteiger partial charge in [-0.1, -0.05) is 30.3 Å². The van der Waals surface area contributed by atoms with Gasteiger partial charge in [-0.3, -0.25) is 19.5 Å². The molecule has 0 aliphatic carbocycles. The number of primary amides is 1. The smallest absolute Gasteiger partial charge is 0.287 e. The van der Waals surface area contributed by atoms with Crippen molar-refractivity contribution in [3.8, 4) is 11.5 Å². The molecule has 0 saturated carbocycles. The van der Waals surface area contributed by atoms with Gasteiger partial charge in [0.05, 0.1) is 11.8 Å². The minimum absolute atomic E-state index is 0.128. The first-order valence-electron chi connectivity index (χ1n) is 8.05. The molecule has 0 aliphatic rings. The lowest BCUT2D eigenvalue weighted by molar-refractivity contribution is -0.137. The van der Waals surface area contributed by atoms with Gasteiger partial charge in [-0.25, -0.2) is 9.97 Å². The number of aromatic amines is 1. The maximum atomic E-state index is 12.7. The summed E-state index contributed by atoms with van der Waals surface area (Å²) in [5.74, 6) is -2.31. The highest BCUT2D eigenvalue weighted by Crippen LogP contribution is 2.16. The van der Waals surface area contributed by atoms with Crippen LogP contribution in [-0.2, 0) is 16.0 Å². The molecule has 9 nitrogen and oxygen atoms in total. The molecule has 2 aromatic heterocycles. The standard InChI is InChI=1S/C18H16N6O3/c19-16(26)15(25)13(9-11-5-2-1-3-6-11)23-18(27)12-10-22-24-14(12)17-20-7-4-8-21-17/h1-8,10,13H,9H2,(H2,19,26)(H,22,24)(H,23,27). The second-order valence-corrected chi connectivity index (χ2v) is 5.68. The van der Waals surface area contributed by atoms with Crippen LogP contribution in [-0.4, -0.2) is 43.8 Å². The zero-order valence-electron chi connectivity index (χ0n) is 14.1. The van der Waals surface area contributed by atoms with Crippen molar-refractivity contribution in [1.82, 2.24) is 25.5 Å². The lowest BCUT2D eigenvalue weighted by Crippen LogP contribution is -2.47. The van der Waals surface area contributed by atoms with Gasteiger partial charge >= 0.3 is 0 Å². The van der Waals surface area contributed by atoms with Crippen molar-refractivity contribution >= 4 is 17.6 Å². The Morgan fingerprint density at radius 2 is 1.78 bits per heavy atom. The van der Waals surface area contributed by atoms with E-state index in [1.807, 2.05) is 6.07 Å². The third kappa shape index (κ3) is 4.21. The van der Waals surface area contributed by atoms with E-state index in [0.29, 0.717) is 5.69 Å². The van der Waals surface area contributed by atoms with Crippen molar-refractivity contribution < 1.29 is 14.4 Å². The molecule has 0 aliphatic heterocycles. The third-order valence-electron chi connectivity index (χ3n) is 3.82. The Morgan fingerprint density at radius 3 is 2.44 bits per heavy atom. The number of hydrogen-bond donors (Lipinski definition) is 3. The lowest BCUT2D eigenvalue weighted by atomic mass is 10.0. The zero-order valence-corrected chi connectivity index (χ0v) is 14.1. The first-order valence-corrected chi connectivity index (χ1v) is 8.05. The molecule has 3 aromatic rings. The molecule has 136 valence electrons. The third-order valence-corrected chi connectivity index (χ3v) is 3.82. The average molecular weight is 364 g/mol. The highest BCUT2D eigenvalue weighted by Gasteiger charge is 2.27. The van der Waals surface area contributed by atoms with Gasteiger partial charge in [-0.2, -0.15) is 5.10 Å². The number of amides is 2. The molecule has 0 saturated heterocycles. The van der Waals surface area contributed by atoms with Crippen LogP contribution in [0.2, 0.25) is 0 Å². The topological polar surface area (TPSA) is 144 Å². The Hall–Kier alpha value is -3.88. The van der Waals surface area contributed by atoms with Crippen molar-refractivity contribution in [1.29, 1.82) is 0 Å². The summed E-state index contributed by atoms with van der Waals surface area (Å²) in [6.45, 7) is 0. The Bertz CT molecular complexity index is 955. The van der Waals surface area contributed by atoms with Gasteiger partial charge in [-0.15, -0.1) is 0 Å². The fourth-order valence-corrected chi connectivity index (χ4v) is 2.52. The molecule has 2 amide bonds. The van der Waals surface area contributed by atoms with Gasteiger partial charge in [0.2, 0.25) is 5.78 Å². The minimum Gasteiger partial charge on any atom is -0.363 e. The van der Waals surface area contributed by atoms with E-state index < -0.39 is 23.6 Å². The van der Waals surface area contributed by atoms with Gasteiger partial charge in [0, 0.05) is 18.8 Å². The van der Waals surface area contributed by atoms with Crippen LogP contribution in [0, 0.1) is 0 Å². The van der Waals surface area contributed by atoms with Crippen LogP contribution in [0.3, 0.4) is 0 Å².